The van der Waals surface area contributed by atoms with E-state index in [-0.39, 0.29) is 5.56 Å². The SMILES string of the molecule is [2H]C([2H])([2H])c1cccnc1-c1ccc2oc3ccccc3c2n1. The first kappa shape index (κ1) is 8.48. The molecule has 1 aromatic carbocycles. The summed E-state index contributed by atoms with van der Waals surface area (Å²) in [5.41, 5.74) is 3.22. The lowest BCUT2D eigenvalue weighted by atomic mass is 10.1. The fourth-order valence-electron chi connectivity index (χ4n) is 2.33. The summed E-state index contributed by atoms with van der Waals surface area (Å²) in [5, 5.41) is 0.899. The Hall–Kier alpha value is -2.68. The zero-order chi connectivity index (χ0) is 16.0. The lowest BCUT2D eigenvalue weighted by Gasteiger charge is -2.03. The molecule has 20 heavy (non-hydrogen) atoms. The molecule has 0 aliphatic carbocycles. The molecule has 0 atom stereocenters. The van der Waals surface area contributed by atoms with Gasteiger partial charge in [0.05, 0.1) is 11.4 Å². The second kappa shape index (κ2) is 4.17. The Balaban J connectivity index is 1.99. The van der Waals surface area contributed by atoms with Gasteiger partial charge < -0.3 is 4.42 Å². The van der Waals surface area contributed by atoms with E-state index in [0.717, 1.165) is 11.0 Å². The molecule has 96 valence electrons. The molecule has 0 N–H and O–H groups in total. The topological polar surface area (TPSA) is 38.9 Å². The summed E-state index contributed by atoms with van der Waals surface area (Å²) in [6.07, 6.45) is 1.57. The standard InChI is InChI=1S/C17H12N2O/c1-11-5-4-10-18-16(11)13-8-9-15-17(19-13)12-6-2-3-7-14(12)20-15/h2-10H,1H3/i1D3. The first-order valence-corrected chi connectivity index (χ1v) is 6.28. The molecule has 0 aliphatic rings. The molecule has 0 spiro atoms. The molecule has 0 aliphatic heterocycles. The third kappa shape index (κ3) is 1.60. The maximum absolute atomic E-state index is 7.67. The van der Waals surface area contributed by atoms with Gasteiger partial charge in [-0.15, -0.1) is 0 Å². The first-order chi connectivity index (χ1) is 11.0. The predicted molar refractivity (Wildman–Crippen MR) is 79.5 cm³/mol. The zero-order valence-corrected chi connectivity index (χ0v) is 10.5. The molecule has 0 radical (unpaired) electrons. The molecule has 4 aromatic rings. The van der Waals surface area contributed by atoms with Gasteiger partial charge in [-0.25, -0.2) is 4.98 Å². The Morgan fingerprint density at radius 3 is 2.90 bits per heavy atom. The normalized spacial score (nSPS) is 14.1. The van der Waals surface area contributed by atoms with Crippen molar-refractivity contribution in [2.24, 2.45) is 0 Å². The molecule has 3 aromatic heterocycles. The van der Waals surface area contributed by atoms with E-state index in [1.54, 1.807) is 30.5 Å². The predicted octanol–water partition coefficient (Wildman–Crippen LogP) is 4.35. The third-order valence-electron chi connectivity index (χ3n) is 3.27. The van der Waals surface area contributed by atoms with Crippen molar-refractivity contribution in [1.82, 2.24) is 9.97 Å². The van der Waals surface area contributed by atoms with E-state index in [1.165, 1.54) is 0 Å². The van der Waals surface area contributed by atoms with Crippen LogP contribution in [-0.4, -0.2) is 9.97 Å². The summed E-state index contributed by atoms with van der Waals surface area (Å²) in [4.78, 5) is 8.84. The van der Waals surface area contributed by atoms with Crippen LogP contribution in [0.25, 0.3) is 33.5 Å². The van der Waals surface area contributed by atoms with E-state index in [9.17, 15) is 0 Å². The second-order valence-electron chi connectivity index (χ2n) is 4.54. The summed E-state index contributed by atoms with van der Waals surface area (Å²) in [6, 6.07) is 14.4. The average Bonchev–Trinajstić information content (AvgIpc) is 2.92. The van der Waals surface area contributed by atoms with Gasteiger partial charge in [-0.1, -0.05) is 18.2 Å². The Morgan fingerprint density at radius 2 is 1.95 bits per heavy atom. The summed E-state index contributed by atoms with van der Waals surface area (Å²) in [7, 11) is 0. The monoisotopic (exact) mass is 263 g/mol. The molecule has 4 rings (SSSR count). The van der Waals surface area contributed by atoms with Crippen molar-refractivity contribution in [3.05, 3.63) is 60.3 Å². The van der Waals surface area contributed by atoms with Crippen LogP contribution in [0.5, 0.6) is 0 Å². The van der Waals surface area contributed by atoms with Crippen molar-refractivity contribution in [2.45, 2.75) is 6.85 Å². The maximum atomic E-state index is 7.67. The maximum Gasteiger partial charge on any atom is 0.153 e. The molecule has 0 unspecified atom stereocenters. The minimum absolute atomic E-state index is 0.194. The Kier molecular flexibility index (Phi) is 1.77. The number of aromatic nitrogens is 2. The lowest BCUT2D eigenvalue weighted by Crippen LogP contribution is -1.90. The fraction of sp³-hybridized carbons (Fsp3) is 0.0588. The number of fused-ring (bicyclic) bond motifs is 3. The molecule has 0 amide bonds. The highest BCUT2D eigenvalue weighted by Crippen LogP contribution is 2.29. The van der Waals surface area contributed by atoms with Gasteiger partial charge in [0.15, 0.2) is 5.58 Å². The third-order valence-corrected chi connectivity index (χ3v) is 3.27. The molecule has 3 nitrogen and oxygen atoms in total. The molecule has 0 saturated heterocycles. The van der Waals surface area contributed by atoms with Crippen LogP contribution in [0.3, 0.4) is 0 Å². The van der Waals surface area contributed by atoms with E-state index in [0.29, 0.717) is 22.5 Å². The highest BCUT2D eigenvalue weighted by Gasteiger charge is 2.10. The Bertz CT molecular complexity index is 1020. The van der Waals surface area contributed by atoms with Gasteiger partial charge >= 0.3 is 0 Å². The van der Waals surface area contributed by atoms with Crippen LogP contribution in [0.1, 0.15) is 9.68 Å². The number of hydrogen-bond acceptors (Lipinski definition) is 3. The van der Waals surface area contributed by atoms with Crippen LogP contribution in [-0.2, 0) is 0 Å². The molecule has 3 heteroatoms. The average molecular weight is 263 g/mol. The zero-order valence-electron chi connectivity index (χ0n) is 13.5. The first-order valence-electron chi connectivity index (χ1n) is 7.78. The van der Waals surface area contributed by atoms with Crippen molar-refractivity contribution < 1.29 is 8.53 Å². The summed E-state index contributed by atoms with van der Waals surface area (Å²) in [6.45, 7) is -2.24. The number of benzene rings is 1. The number of furan rings is 1. The van der Waals surface area contributed by atoms with Gasteiger partial charge in [0.1, 0.15) is 11.1 Å². The number of nitrogens with zero attached hydrogens (tertiary/aromatic N) is 2. The number of para-hydroxylation sites is 1. The van der Waals surface area contributed by atoms with Gasteiger partial charge in [0.25, 0.3) is 0 Å². The van der Waals surface area contributed by atoms with Crippen molar-refractivity contribution in [3.63, 3.8) is 0 Å². The second-order valence-corrected chi connectivity index (χ2v) is 4.54. The van der Waals surface area contributed by atoms with Gasteiger partial charge in [-0.3, -0.25) is 4.98 Å². The van der Waals surface area contributed by atoms with Crippen molar-refractivity contribution in [2.75, 3.05) is 0 Å². The number of rotatable bonds is 1. The fourth-order valence-corrected chi connectivity index (χ4v) is 2.33. The van der Waals surface area contributed by atoms with Crippen LogP contribution in [0, 0.1) is 6.85 Å². The number of pyridine rings is 2. The molecular weight excluding hydrogens is 248 g/mol. The van der Waals surface area contributed by atoms with Crippen LogP contribution >= 0.6 is 0 Å². The Labute approximate surface area is 120 Å². The minimum Gasteiger partial charge on any atom is -0.454 e. The van der Waals surface area contributed by atoms with E-state index < -0.39 is 6.85 Å². The van der Waals surface area contributed by atoms with Gasteiger partial charge in [0, 0.05) is 15.7 Å². The summed E-state index contributed by atoms with van der Waals surface area (Å²) >= 11 is 0. The van der Waals surface area contributed by atoms with Gasteiger partial charge in [0.2, 0.25) is 0 Å². The molecular formula is C17H12N2O. The van der Waals surface area contributed by atoms with E-state index in [1.807, 2.05) is 24.3 Å². The van der Waals surface area contributed by atoms with Gasteiger partial charge in [-0.05, 0) is 42.7 Å². The van der Waals surface area contributed by atoms with Crippen molar-refractivity contribution in [3.8, 4) is 11.4 Å². The number of hydrogen-bond donors (Lipinski definition) is 0. The Morgan fingerprint density at radius 1 is 1.00 bits per heavy atom. The molecule has 0 bridgehead atoms. The van der Waals surface area contributed by atoms with Gasteiger partial charge in [-0.2, -0.15) is 0 Å². The minimum atomic E-state index is -2.24. The van der Waals surface area contributed by atoms with Crippen LogP contribution in [0.2, 0.25) is 0 Å². The van der Waals surface area contributed by atoms with Crippen molar-refractivity contribution in [1.29, 1.82) is 0 Å². The molecule has 0 saturated carbocycles. The number of aryl methyl sites for hydroxylation is 1. The quantitative estimate of drug-likeness (QED) is 0.512. The summed E-state index contributed by atoms with van der Waals surface area (Å²) < 4.78 is 28.8. The molecule has 3 heterocycles. The van der Waals surface area contributed by atoms with Crippen LogP contribution in [0.4, 0.5) is 0 Å². The van der Waals surface area contributed by atoms with E-state index in [4.69, 9.17) is 8.53 Å². The summed E-state index contributed by atoms with van der Waals surface area (Å²) in [5.74, 6) is 0. The van der Waals surface area contributed by atoms with Crippen LogP contribution < -0.4 is 0 Å². The lowest BCUT2D eigenvalue weighted by molar-refractivity contribution is 0.668. The van der Waals surface area contributed by atoms with E-state index in [2.05, 4.69) is 9.97 Å². The largest absolute Gasteiger partial charge is 0.454 e. The molecule has 0 fully saturated rings. The highest BCUT2D eigenvalue weighted by molar-refractivity contribution is 6.02. The van der Waals surface area contributed by atoms with Crippen molar-refractivity contribution >= 4 is 22.1 Å². The van der Waals surface area contributed by atoms with Crippen LogP contribution in [0.15, 0.2) is 59.1 Å². The smallest absolute Gasteiger partial charge is 0.153 e. The van der Waals surface area contributed by atoms with E-state index >= 15 is 0 Å². The highest BCUT2D eigenvalue weighted by atomic mass is 16.3.